The van der Waals surface area contributed by atoms with Crippen LogP contribution in [0.5, 0.6) is 0 Å². The highest BCUT2D eigenvalue weighted by molar-refractivity contribution is 14.1. The monoisotopic (exact) mass is 447 g/mol. The molecular formula is C16H12F2INO4. The molecule has 5 nitrogen and oxygen atoms in total. The second-order valence-electron chi connectivity index (χ2n) is 4.54. The largest absolute Gasteiger partial charge is 0.465 e. The molecule has 126 valence electrons. The van der Waals surface area contributed by atoms with Crippen molar-refractivity contribution in [2.75, 3.05) is 19.1 Å². The number of carbonyl (C=O) groups excluding carboxylic acids is 2. The quantitative estimate of drug-likeness (QED) is 0.405. The van der Waals surface area contributed by atoms with Crippen molar-refractivity contribution >= 4 is 40.2 Å². The van der Waals surface area contributed by atoms with Crippen molar-refractivity contribution in [2.24, 2.45) is 0 Å². The Balaban J connectivity index is 2.70. The standard InChI is InChI=1S/C16H12F2INO4/c1-23-15(21)10-5-3-4-6-20(14(10)16(22)24-2)9-7-11(17)13(19)12(18)8-9/h3-8H,1-2H3. The van der Waals surface area contributed by atoms with Gasteiger partial charge in [-0.1, -0.05) is 6.08 Å². The predicted octanol–water partition coefficient (Wildman–Crippen LogP) is 3.06. The Morgan fingerprint density at radius 2 is 1.62 bits per heavy atom. The number of hydrogen-bond acceptors (Lipinski definition) is 5. The summed E-state index contributed by atoms with van der Waals surface area (Å²) in [6, 6.07) is 2.11. The number of ether oxygens (including phenoxy) is 2. The molecule has 1 aliphatic heterocycles. The Kier molecular flexibility index (Phi) is 5.71. The van der Waals surface area contributed by atoms with Gasteiger partial charge in [-0.3, -0.25) is 0 Å². The number of anilines is 1. The lowest BCUT2D eigenvalue weighted by Crippen LogP contribution is -2.27. The normalized spacial score (nSPS) is 13.8. The molecule has 1 aromatic rings. The highest BCUT2D eigenvalue weighted by Gasteiger charge is 2.28. The maximum atomic E-state index is 13.9. The van der Waals surface area contributed by atoms with Crippen LogP contribution in [0.2, 0.25) is 0 Å². The van der Waals surface area contributed by atoms with Crippen molar-refractivity contribution in [2.45, 2.75) is 0 Å². The Hall–Kier alpha value is -2.23. The van der Waals surface area contributed by atoms with Crippen LogP contribution in [-0.2, 0) is 19.1 Å². The lowest BCUT2D eigenvalue weighted by atomic mass is 10.1. The van der Waals surface area contributed by atoms with Gasteiger partial charge in [-0.15, -0.1) is 0 Å². The fraction of sp³-hybridized carbons (Fsp3) is 0.125. The van der Waals surface area contributed by atoms with Gasteiger partial charge in [0.2, 0.25) is 0 Å². The summed E-state index contributed by atoms with van der Waals surface area (Å²) >= 11 is 1.53. The van der Waals surface area contributed by atoms with Crippen molar-refractivity contribution < 1.29 is 27.8 Å². The van der Waals surface area contributed by atoms with Crippen molar-refractivity contribution in [3.8, 4) is 0 Å². The molecule has 0 radical (unpaired) electrons. The van der Waals surface area contributed by atoms with Crippen LogP contribution in [0.1, 0.15) is 0 Å². The number of nitrogens with zero attached hydrogens (tertiary/aromatic N) is 1. The molecule has 1 aromatic carbocycles. The molecule has 0 unspecified atom stereocenters. The van der Waals surface area contributed by atoms with Gasteiger partial charge in [0, 0.05) is 6.20 Å². The second-order valence-corrected chi connectivity index (χ2v) is 5.62. The molecule has 0 aromatic heterocycles. The molecule has 0 saturated carbocycles. The Labute approximate surface area is 150 Å². The SMILES string of the molecule is COC(=O)C1=C(C(=O)OC)N(c2cc(F)c(I)c(F)c2)C=CC=C1. The van der Waals surface area contributed by atoms with E-state index in [4.69, 9.17) is 4.74 Å². The second kappa shape index (κ2) is 7.56. The van der Waals surface area contributed by atoms with E-state index >= 15 is 0 Å². The highest BCUT2D eigenvalue weighted by atomic mass is 127. The number of methoxy groups -OCH3 is 2. The zero-order valence-corrected chi connectivity index (χ0v) is 14.8. The number of hydrogen-bond donors (Lipinski definition) is 0. The number of benzene rings is 1. The van der Waals surface area contributed by atoms with E-state index in [9.17, 15) is 18.4 Å². The summed E-state index contributed by atoms with van der Waals surface area (Å²) in [5, 5.41) is 0. The third-order valence-electron chi connectivity index (χ3n) is 3.14. The van der Waals surface area contributed by atoms with Gasteiger partial charge < -0.3 is 14.4 Å². The van der Waals surface area contributed by atoms with E-state index < -0.39 is 23.6 Å². The van der Waals surface area contributed by atoms with E-state index in [0.717, 1.165) is 26.4 Å². The van der Waals surface area contributed by atoms with Gasteiger partial charge in [0.15, 0.2) is 0 Å². The summed E-state index contributed by atoms with van der Waals surface area (Å²) in [5.41, 5.74) is -0.296. The third kappa shape index (κ3) is 3.48. The number of carbonyl (C=O) groups is 2. The first-order valence-electron chi connectivity index (χ1n) is 6.60. The number of esters is 2. The Bertz CT molecular complexity index is 763. The van der Waals surface area contributed by atoms with Gasteiger partial charge in [-0.05, 0) is 46.9 Å². The minimum atomic E-state index is -0.856. The molecule has 0 amide bonds. The number of allylic oxidation sites excluding steroid dienone is 2. The molecule has 0 aliphatic carbocycles. The first kappa shape index (κ1) is 18.1. The molecule has 0 fully saturated rings. The molecule has 1 aliphatic rings. The van der Waals surface area contributed by atoms with E-state index in [1.807, 2.05) is 0 Å². The van der Waals surface area contributed by atoms with E-state index in [0.29, 0.717) is 0 Å². The molecule has 2 rings (SSSR count). The Morgan fingerprint density at radius 3 is 2.17 bits per heavy atom. The average molecular weight is 447 g/mol. The Morgan fingerprint density at radius 1 is 1.04 bits per heavy atom. The smallest absolute Gasteiger partial charge is 0.355 e. The highest BCUT2D eigenvalue weighted by Crippen LogP contribution is 2.29. The summed E-state index contributed by atoms with van der Waals surface area (Å²) in [6.45, 7) is 0. The molecule has 0 saturated heterocycles. The summed E-state index contributed by atoms with van der Waals surface area (Å²) in [5.74, 6) is -3.22. The van der Waals surface area contributed by atoms with Crippen LogP contribution in [0.3, 0.4) is 0 Å². The molecule has 0 spiro atoms. The molecule has 8 heteroatoms. The average Bonchev–Trinajstić information content (AvgIpc) is 2.80. The molecular weight excluding hydrogens is 435 g/mol. The zero-order valence-electron chi connectivity index (χ0n) is 12.7. The summed E-state index contributed by atoms with van der Waals surface area (Å²) in [7, 11) is 2.29. The van der Waals surface area contributed by atoms with Gasteiger partial charge in [0.25, 0.3) is 0 Å². The maximum Gasteiger partial charge on any atom is 0.355 e. The van der Waals surface area contributed by atoms with Gasteiger partial charge >= 0.3 is 11.9 Å². The third-order valence-corrected chi connectivity index (χ3v) is 4.17. The summed E-state index contributed by atoms with van der Waals surface area (Å²) < 4.78 is 37.0. The minimum Gasteiger partial charge on any atom is -0.465 e. The van der Waals surface area contributed by atoms with Crippen LogP contribution in [0.25, 0.3) is 0 Å². The molecule has 1 heterocycles. The van der Waals surface area contributed by atoms with Crippen LogP contribution < -0.4 is 4.90 Å². The van der Waals surface area contributed by atoms with Crippen molar-refractivity contribution in [1.29, 1.82) is 0 Å². The van der Waals surface area contributed by atoms with Crippen LogP contribution in [0.15, 0.2) is 47.8 Å². The summed E-state index contributed by atoms with van der Waals surface area (Å²) in [6.07, 6.45) is 5.75. The maximum absolute atomic E-state index is 13.9. The van der Waals surface area contributed by atoms with Gasteiger partial charge in [-0.25, -0.2) is 18.4 Å². The van der Waals surface area contributed by atoms with Crippen molar-refractivity contribution in [1.82, 2.24) is 0 Å². The van der Waals surface area contributed by atoms with Gasteiger partial charge in [0.05, 0.1) is 29.1 Å². The molecule has 0 bridgehead atoms. The van der Waals surface area contributed by atoms with Crippen molar-refractivity contribution in [3.05, 3.63) is 63.0 Å². The fourth-order valence-electron chi connectivity index (χ4n) is 2.05. The van der Waals surface area contributed by atoms with Crippen LogP contribution in [0.4, 0.5) is 14.5 Å². The van der Waals surface area contributed by atoms with Gasteiger partial charge in [-0.2, -0.15) is 0 Å². The predicted molar refractivity (Wildman–Crippen MR) is 90.9 cm³/mol. The van der Waals surface area contributed by atoms with Crippen molar-refractivity contribution in [3.63, 3.8) is 0 Å². The van der Waals surface area contributed by atoms with Crippen LogP contribution in [0, 0.1) is 15.2 Å². The first-order chi connectivity index (χ1) is 11.4. The number of halogens is 3. The van der Waals surface area contributed by atoms with Crippen LogP contribution in [-0.4, -0.2) is 26.2 Å². The van der Waals surface area contributed by atoms with E-state index in [1.54, 1.807) is 0 Å². The van der Waals surface area contributed by atoms with E-state index in [-0.39, 0.29) is 20.5 Å². The first-order valence-corrected chi connectivity index (χ1v) is 7.68. The lowest BCUT2D eigenvalue weighted by molar-refractivity contribution is -0.139. The van der Waals surface area contributed by atoms with E-state index in [2.05, 4.69) is 4.74 Å². The van der Waals surface area contributed by atoms with Gasteiger partial charge in [0.1, 0.15) is 17.3 Å². The van der Waals surface area contributed by atoms with Crippen LogP contribution >= 0.6 is 22.6 Å². The molecule has 0 atom stereocenters. The zero-order chi connectivity index (χ0) is 17.9. The topological polar surface area (TPSA) is 55.8 Å². The molecule has 0 N–H and O–H groups in total. The fourth-order valence-corrected chi connectivity index (χ4v) is 2.36. The lowest BCUT2D eigenvalue weighted by Gasteiger charge is -2.23. The number of rotatable bonds is 3. The molecule has 24 heavy (non-hydrogen) atoms. The summed E-state index contributed by atoms with van der Waals surface area (Å²) in [4.78, 5) is 25.3. The minimum absolute atomic E-state index is 0.0205. The van der Waals surface area contributed by atoms with E-state index in [1.165, 1.54) is 51.9 Å².